The van der Waals surface area contributed by atoms with Gasteiger partial charge in [0.1, 0.15) is 10.5 Å². The summed E-state index contributed by atoms with van der Waals surface area (Å²) in [5, 5.41) is 4.76. The summed E-state index contributed by atoms with van der Waals surface area (Å²) in [6.45, 7) is 7.54. The van der Waals surface area contributed by atoms with E-state index in [4.69, 9.17) is 0 Å². The van der Waals surface area contributed by atoms with Crippen molar-refractivity contribution in [2.24, 2.45) is 0 Å². The number of fused-ring (bicyclic) bond motifs is 1. The van der Waals surface area contributed by atoms with E-state index in [0.29, 0.717) is 29.3 Å². The predicted molar refractivity (Wildman–Crippen MR) is 115 cm³/mol. The lowest BCUT2D eigenvalue weighted by molar-refractivity contribution is -0.121. The fourth-order valence-electron chi connectivity index (χ4n) is 3.24. The number of carbonyl (C=O) groups excluding carboxylic acids is 1. The van der Waals surface area contributed by atoms with Gasteiger partial charge in [-0.15, -0.1) is 11.3 Å². The molecule has 1 aromatic carbocycles. The van der Waals surface area contributed by atoms with Gasteiger partial charge in [-0.05, 0) is 49.9 Å². The van der Waals surface area contributed by atoms with E-state index >= 15 is 0 Å². The highest BCUT2D eigenvalue weighted by Gasteiger charge is 2.17. The average molecular weight is 417 g/mol. The topological polar surface area (TPSA) is 67.2 Å². The van der Waals surface area contributed by atoms with Crippen molar-refractivity contribution in [3.8, 4) is 0 Å². The highest BCUT2D eigenvalue weighted by molar-refractivity contribution is 7.17. The number of anilines is 1. The third-order valence-electron chi connectivity index (χ3n) is 4.90. The summed E-state index contributed by atoms with van der Waals surface area (Å²) in [7, 11) is 0. The highest BCUT2D eigenvalue weighted by atomic mass is 32.1. The van der Waals surface area contributed by atoms with Crippen LogP contribution in [-0.2, 0) is 11.3 Å². The maximum atomic E-state index is 13.1. The van der Waals surface area contributed by atoms with Gasteiger partial charge >= 0.3 is 0 Å². The summed E-state index contributed by atoms with van der Waals surface area (Å²) >= 11 is 1.36. The van der Waals surface area contributed by atoms with E-state index in [2.05, 4.69) is 10.3 Å². The van der Waals surface area contributed by atoms with E-state index in [1.807, 2.05) is 37.1 Å². The minimum atomic E-state index is -0.313. The van der Waals surface area contributed by atoms with Crippen molar-refractivity contribution in [2.75, 3.05) is 18.0 Å². The molecule has 1 unspecified atom stereocenters. The number of rotatable bonds is 8. The summed E-state index contributed by atoms with van der Waals surface area (Å²) in [6.07, 6.45) is 0.151. The van der Waals surface area contributed by atoms with Gasteiger partial charge in [-0.3, -0.25) is 14.2 Å². The molecule has 0 aliphatic carbocycles. The molecule has 1 atom stereocenters. The van der Waals surface area contributed by atoms with Crippen LogP contribution in [0, 0.1) is 5.82 Å². The summed E-state index contributed by atoms with van der Waals surface area (Å²) < 4.78 is 15.3. The zero-order valence-electron chi connectivity index (χ0n) is 16.8. The quantitative estimate of drug-likeness (QED) is 0.608. The zero-order valence-corrected chi connectivity index (χ0v) is 17.6. The molecule has 0 spiro atoms. The molecule has 2 aromatic heterocycles. The fraction of sp³-hybridized carbons (Fsp3) is 0.381. The van der Waals surface area contributed by atoms with E-state index in [-0.39, 0.29) is 36.3 Å². The second-order valence-corrected chi connectivity index (χ2v) is 7.68. The Kier molecular flexibility index (Phi) is 6.64. The van der Waals surface area contributed by atoms with Gasteiger partial charge in [-0.2, -0.15) is 0 Å². The molecule has 3 aromatic rings. The number of aromatic nitrogens is 2. The maximum absolute atomic E-state index is 13.1. The molecule has 8 heteroatoms. The molecule has 0 saturated heterocycles. The zero-order chi connectivity index (χ0) is 21.0. The van der Waals surface area contributed by atoms with Crippen LogP contribution < -0.4 is 15.8 Å². The van der Waals surface area contributed by atoms with Crippen LogP contribution in [0.2, 0.25) is 0 Å². The van der Waals surface area contributed by atoms with Gasteiger partial charge in [0.2, 0.25) is 11.9 Å². The number of amides is 1. The van der Waals surface area contributed by atoms with Crippen LogP contribution >= 0.6 is 11.3 Å². The first-order valence-corrected chi connectivity index (χ1v) is 10.6. The van der Waals surface area contributed by atoms with E-state index < -0.39 is 0 Å². The molecule has 2 heterocycles. The lowest BCUT2D eigenvalue weighted by atomic mass is 10.1. The standard InChI is InChI=1S/C21H25FN4O2S/c1-4-25(5-2)21-24-17-11-13-29-19(17)20(28)26(21)12-10-18(27)23-14(3)15-6-8-16(22)9-7-15/h6-9,11,13-14H,4-5,10,12H2,1-3H3,(H,23,27). The normalized spacial score (nSPS) is 12.1. The Morgan fingerprint density at radius 1 is 1.24 bits per heavy atom. The van der Waals surface area contributed by atoms with Gasteiger partial charge in [0.25, 0.3) is 5.56 Å². The van der Waals surface area contributed by atoms with Crippen LogP contribution in [0.15, 0.2) is 40.5 Å². The first-order chi connectivity index (χ1) is 13.9. The summed E-state index contributed by atoms with van der Waals surface area (Å²) in [5.74, 6) is 0.0998. The van der Waals surface area contributed by atoms with Gasteiger partial charge in [-0.25, -0.2) is 9.37 Å². The molecule has 29 heavy (non-hydrogen) atoms. The molecular weight excluding hydrogens is 391 g/mol. The number of hydrogen-bond acceptors (Lipinski definition) is 5. The summed E-state index contributed by atoms with van der Waals surface area (Å²) in [4.78, 5) is 32.1. The Bertz CT molecular complexity index is 1040. The first kappa shape index (κ1) is 21.0. The predicted octanol–water partition coefficient (Wildman–Crippen LogP) is 3.71. The molecule has 1 amide bonds. The Morgan fingerprint density at radius 3 is 2.59 bits per heavy atom. The molecule has 0 fully saturated rings. The molecule has 0 radical (unpaired) electrons. The Hall–Kier alpha value is -2.74. The third-order valence-corrected chi connectivity index (χ3v) is 5.79. The van der Waals surface area contributed by atoms with Crippen molar-refractivity contribution in [1.29, 1.82) is 0 Å². The van der Waals surface area contributed by atoms with Crippen LogP contribution in [0.4, 0.5) is 10.3 Å². The number of benzene rings is 1. The lowest BCUT2D eigenvalue weighted by Gasteiger charge is -2.23. The Labute approximate surface area is 173 Å². The van der Waals surface area contributed by atoms with E-state index in [9.17, 15) is 14.0 Å². The minimum Gasteiger partial charge on any atom is -0.350 e. The Morgan fingerprint density at radius 2 is 1.93 bits per heavy atom. The van der Waals surface area contributed by atoms with Gasteiger partial charge in [0, 0.05) is 26.1 Å². The number of nitrogens with zero attached hydrogens (tertiary/aromatic N) is 3. The number of nitrogens with one attached hydrogen (secondary N) is 1. The fourth-order valence-corrected chi connectivity index (χ4v) is 4.02. The van der Waals surface area contributed by atoms with Crippen LogP contribution in [0.1, 0.15) is 38.8 Å². The number of halogens is 1. The van der Waals surface area contributed by atoms with Crippen molar-refractivity contribution in [2.45, 2.75) is 39.8 Å². The van der Waals surface area contributed by atoms with Crippen molar-refractivity contribution in [1.82, 2.24) is 14.9 Å². The van der Waals surface area contributed by atoms with E-state index in [1.165, 1.54) is 23.5 Å². The second-order valence-electron chi connectivity index (χ2n) is 6.77. The summed E-state index contributed by atoms with van der Waals surface area (Å²) in [6, 6.07) is 7.64. The smallest absolute Gasteiger partial charge is 0.272 e. The van der Waals surface area contributed by atoms with Crippen LogP contribution in [0.3, 0.4) is 0 Å². The van der Waals surface area contributed by atoms with Crippen LogP contribution in [0.5, 0.6) is 0 Å². The van der Waals surface area contributed by atoms with Crippen molar-refractivity contribution < 1.29 is 9.18 Å². The minimum absolute atomic E-state index is 0.119. The van der Waals surface area contributed by atoms with Gasteiger partial charge in [0.05, 0.1) is 11.6 Å². The number of hydrogen-bond donors (Lipinski definition) is 1. The molecular formula is C21H25FN4O2S. The SMILES string of the molecule is CCN(CC)c1nc2ccsc2c(=O)n1CCC(=O)NC(C)c1ccc(F)cc1. The van der Waals surface area contributed by atoms with Crippen LogP contribution in [0.25, 0.3) is 10.2 Å². The molecule has 0 aliphatic heterocycles. The molecule has 6 nitrogen and oxygen atoms in total. The van der Waals surface area contributed by atoms with E-state index in [1.54, 1.807) is 16.7 Å². The Balaban J connectivity index is 1.77. The number of carbonyl (C=O) groups is 1. The first-order valence-electron chi connectivity index (χ1n) is 9.72. The molecule has 1 N–H and O–H groups in total. The molecule has 154 valence electrons. The molecule has 0 aliphatic rings. The van der Waals surface area contributed by atoms with Crippen molar-refractivity contribution in [3.05, 3.63) is 57.4 Å². The van der Waals surface area contributed by atoms with Crippen LogP contribution in [-0.4, -0.2) is 28.5 Å². The van der Waals surface area contributed by atoms with E-state index in [0.717, 1.165) is 5.56 Å². The number of thiophene rings is 1. The van der Waals surface area contributed by atoms with Gasteiger partial charge in [0.15, 0.2) is 0 Å². The monoisotopic (exact) mass is 416 g/mol. The molecule has 0 bridgehead atoms. The third kappa shape index (κ3) is 4.64. The maximum Gasteiger partial charge on any atom is 0.272 e. The second kappa shape index (κ2) is 9.17. The van der Waals surface area contributed by atoms with Crippen molar-refractivity contribution in [3.63, 3.8) is 0 Å². The van der Waals surface area contributed by atoms with Gasteiger partial charge in [-0.1, -0.05) is 12.1 Å². The summed E-state index contributed by atoms with van der Waals surface area (Å²) in [5.41, 5.74) is 1.39. The largest absolute Gasteiger partial charge is 0.350 e. The highest BCUT2D eigenvalue weighted by Crippen LogP contribution is 2.20. The molecule has 3 rings (SSSR count). The molecule has 0 saturated carbocycles. The lowest BCUT2D eigenvalue weighted by Crippen LogP contribution is -2.34. The average Bonchev–Trinajstić information content (AvgIpc) is 3.18. The van der Waals surface area contributed by atoms with Crippen molar-refractivity contribution >= 4 is 33.4 Å². The van der Waals surface area contributed by atoms with Gasteiger partial charge < -0.3 is 10.2 Å².